The SMILES string of the molecule is O=S(=O)(O)c1ccc2cc(-c3n[nH]c4cc(Cl)ccc34)[nH]c2c1. The van der Waals surface area contributed by atoms with Crippen molar-refractivity contribution in [3.63, 3.8) is 0 Å². The van der Waals surface area contributed by atoms with E-state index in [4.69, 9.17) is 16.2 Å². The van der Waals surface area contributed by atoms with E-state index in [0.717, 1.165) is 22.0 Å². The number of halogens is 1. The summed E-state index contributed by atoms with van der Waals surface area (Å²) >= 11 is 5.96. The number of benzene rings is 2. The van der Waals surface area contributed by atoms with Gasteiger partial charge in [0.05, 0.1) is 16.1 Å². The van der Waals surface area contributed by atoms with E-state index < -0.39 is 10.1 Å². The third-order valence-corrected chi connectivity index (χ3v) is 4.76. The Morgan fingerprint density at radius 1 is 1.04 bits per heavy atom. The minimum atomic E-state index is -4.23. The maximum Gasteiger partial charge on any atom is 0.294 e. The van der Waals surface area contributed by atoms with E-state index in [1.54, 1.807) is 18.2 Å². The first-order valence-corrected chi connectivity index (χ1v) is 8.48. The van der Waals surface area contributed by atoms with Crippen LogP contribution in [0.4, 0.5) is 0 Å². The fraction of sp³-hybridized carbons (Fsp3) is 0. The molecular formula is C15H10ClN3O3S. The third-order valence-electron chi connectivity index (χ3n) is 3.67. The fourth-order valence-electron chi connectivity index (χ4n) is 2.59. The average Bonchev–Trinajstić information content (AvgIpc) is 3.07. The highest BCUT2D eigenvalue weighted by Gasteiger charge is 2.14. The molecule has 2 aromatic carbocycles. The number of rotatable bonds is 2. The molecule has 0 bridgehead atoms. The molecule has 0 aliphatic rings. The van der Waals surface area contributed by atoms with Crippen molar-refractivity contribution in [3.8, 4) is 11.4 Å². The Balaban J connectivity index is 1.91. The molecule has 0 fully saturated rings. The fourth-order valence-corrected chi connectivity index (χ4v) is 3.27. The lowest BCUT2D eigenvalue weighted by atomic mass is 10.1. The van der Waals surface area contributed by atoms with E-state index in [2.05, 4.69) is 15.2 Å². The van der Waals surface area contributed by atoms with Crippen molar-refractivity contribution in [2.24, 2.45) is 0 Å². The van der Waals surface area contributed by atoms with Gasteiger partial charge in [0, 0.05) is 21.3 Å². The topological polar surface area (TPSA) is 98.8 Å². The molecule has 3 N–H and O–H groups in total. The average molecular weight is 348 g/mol. The molecule has 4 rings (SSSR count). The molecular weight excluding hydrogens is 338 g/mol. The maximum absolute atomic E-state index is 11.2. The molecule has 0 spiro atoms. The molecule has 0 atom stereocenters. The Bertz CT molecular complexity index is 1160. The number of hydrogen-bond acceptors (Lipinski definition) is 3. The maximum atomic E-state index is 11.2. The van der Waals surface area contributed by atoms with Crippen LogP contribution in [0.2, 0.25) is 5.02 Å². The Hall–Kier alpha value is -2.35. The van der Waals surface area contributed by atoms with E-state index in [1.165, 1.54) is 12.1 Å². The van der Waals surface area contributed by atoms with E-state index in [1.807, 2.05) is 12.1 Å². The molecule has 23 heavy (non-hydrogen) atoms. The van der Waals surface area contributed by atoms with Crippen LogP contribution in [0.3, 0.4) is 0 Å². The lowest BCUT2D eigenvalue weighted by molar-refractivity contribution is 0.483. The van der Waals surface area contributed by atoms with Crippen molar-refractivity contribution in [1.82, 2.24) is 15.2 Å². The molecule has 8 heteroatoms. The lowest BCUT2D eigenvalue weighted by Crippen LogP contribution is -1.97. The molecule has 0 saturated heterocycles. The second kappa shape index (κ2) is 4.82. The quantitative estimate of drug-likeness (QED) is 0.482. The summed E-state index contributed by atoms with van der Waals surface area (Å²) in [6.45, 7) is 0. The predicted molar refractivity (Wildman–Crippen MR) is 88.2 cm³/mol. The highest BCUT2D eigenvalue weighted by Crippen LogP contribution is 2.30. The van der Waals surface area contributed by atoms with Crippen LogP contribution >= 0.6 is 11.6 Å². The number of H-pyrrole nitrogens is 2. The molecule has 2 heterocycles. The van der Waals surface area contributed by atoms with Crippen LogP contribution in [0.5, 0.6) is 0 Å². The predicted octanol–water partition coefficient (Wildman–Crippen LogP) is 3.61. The summed E-state index contributed by atoms with van der Waals surface area (Å²) < 4.78 is 31.6. The summed E-state index contributed by atoms with van der Waals surface area (Å²) in [4.78, 5) is 2.97. The van der Waals surface area contributed by atoms with Crippen LogP contribution in [0.25, 0.3) is 33.2 Å². The Morgan fingerprint density at radius 3 is 2.65 bits per heavy atom. The first-order valence-electron chi connectivity index (χ1n) is 6.66. The zero-order valence-corrected chi connectivity index (χ0v) is 13.1. The zero-order valence-electron chi connectivity index (χ0n) is 11.5. The third kappa shape index (κ3) is 2.39. The normalized spacial score (nSPS) is 12.3. The number of nitrogens with zero attached hydrogens (tertiary/aromatic N) is 1. The summed E-state index contributed by atoms with van der Waals surface area (Å²) in [5, 5.41) is 9.54. The van der Waals surface area contributed by atoms with Gasteiger partial charge in [-0.3, -0.25) is 9.65 Å². The van der Waals surface area contributed by atoms with Crippen molar-refractivity contribution in [2.75, 3.05) is 0 Å². The van der Waals surface area contributed by atoms with Gasteiger partial charge in [-0.05, 0) is 36.4 Å². The monoisotopic (exact) mass is 347 g/mol. The van der Waals surface area contributed by atoms with Crippen molar-refractivity contribution < 1.29 is 13.0 Å². The van der Waals surface area contributed by atoms with E-state index in [-0.39, 0.29) is 4.90 Å². The first kappa shape index (κ1) is 14.3. The van der Waals surface area contributed by atoms with Crippen LogP contribution in [0.1, 0.15) is 0 Å². The summed E-state index contributed by atoms with van der Waals surface area (Å²) in [6, 6.07) is 11.7. The van der Waals surface area contributed by atoms with Gasteiger partial charge < -0.3 is 4.98 Å². The van der Waals surface area contributed by atoms with Gasteiger partial charge in [-0.15, -0.1) is 0 Å². The smallest absolute Gasteiger partial charge is 0.294 e. The van der Waals surface area contributed by atoms with Gasteiger partial charge in [-0.25, -0.2) is 0 Å². The molecule has 0 radical (unpaired) electrons. The molecule has 0 unspecified atom stereocenters. The molecule has 6 nitrogen and oxygen atoms in total. The second-order valence-corrected chi connectivity index (χ2v) is 7.03. The Labute approximate surface area is 135 Å². The van der Waals surface area contributed by atoms with Gasteiger partial charge >= 0.3 is 0 Å². The summed E-state index contributed by atoms with van der Waals surface area (Å²) in [5.74, 6) is 0. The highest BCUT2D eigenvalue weighted by molar-refractivity contribution is 7.85. The van der Waals surface area contributed by atoms with E-state index in [9.17, 15) is 8.42 Å². The van der Waals surface area contributed by atoms with Gasteiger partial charge in [0.2, 0.25) is 0 Å². The van der Waals surface area contributed by atoms with Crippen LogP contribution < -0.4 is 0 Å². The van der Waals surface area contributed by atoms with Crippen molar-refractivity contribution in [1.29, 1.82) is 0 Å². The van der Waals surface area contributed by atoms with Crippen molar-refractivity contribution in [2.45, 2.75) is 4.90 Å². The van der Waals surface area contributed by atoms with Crippen LogP contribution in [-0.2, 0) is 10.1 Å². The molecule has 4 aromatic rings. The zero-order chi connectivity index (χ0) is 16.2. The van der Waals surface area contributed by atoms with E-state index >= 15 is 0 Å². The number of aromatic amines is 2. The highest BCUT2D eigenvalue weighted by atomic mass is 35.5. The Kier molecular flexibility index (Phi) is 2.99. The largest absolute Gasteiger partial charge is 0.353 e. The summed E-state index contributed by atoms with van der Waals surface area (Å²) in [7, 11) is -4.23. The number of fused-ring (bicyclic) bond motifs is 2. The molecule has 116 valence electrons. The molecule has 0 aliphatic carbocycles. The van der Waals surface area contributed by atoms with Crippen LogP contribution in [-0.4, -0.2) is 28.2 Å². The number of nitrogens with one attached hydrogen (secondary N) is 2. The lowest BCUT2D eigenvalue weighted by Gasteiger charge is -1.96. The first-order chi connectivity index (χ1) is 10.9. The summed E-state index contributed by atoms with van der Waals surface area (Å²) in [5.41, 5.74) is 2.85. The number of hydrogen-bond donors (Lipinski definition) is 3. The van der Waals surface area contributed by atoms with Crippen molar-refractivity contribution >= 4 is 43.5 Å². The Morgan fingerprint density at radius 2 is 1.87 bits per heavy atom. The molecule has 0 aliphatic heterocycles. The van der Waals surface area contributed by atoms with Crippen LogP contribution in [0.15, 0.2) is 47.4 Å². The summed E-state index contributed by atoms with van der Waals surface area (Å²) in [6.07, 6.45) is 0. The van der Waals surface area contributed by atoms with E-state index in [0.29, 0.717) is 16.2 Å². The minimum absolute atomic E-state index is 0.155. The molecule has 0 saturated carbocycles. The standard InChI is InChI=1S/C15H10ClN3O3S/c16-9-2-4-11-13(6-9)18-19-15(11)14-5-8-1-3-10(23(20,21)22)7-12(8)17-14/h1-7,17H,(H,18,19)(H,20,21,22). The molecule has 0 amide bonds. The second-order valence-electron chi connectivity index (χ2n) is 5.17. The minimum Gasteiger partial charge on any atom is -0.353 e. The van der Waals surface area contributed by atoms with Crippen LogP contribution in [0, 0.1) is 0 Å². The van der Waals surface area contributed by atoms with Gasteiger partial charge in [0.1, 0.15) is 5.69 Å². The van der Waals surface area contributed by atoms with Gasteiger partial charge in [0.15, 0.2) is 0 Å². The van der Waals surface area contributed by atoms with Gasteiger partial charge in [-0.2, -0.15) is 13.5 Å². The molecule has 2 aromatic heterocycles. The van der Waals surface area contributed by atoms with Gasteiger partial charge in [0.25, 0.3) is 10.1 Å². The van der Waals surface area contributed by atoms with Gasteiger partial charge in [-0.1, -0.05) is 17.7 Å². The van der Waals surface area contributed by atoms with Crippen molar-refractivity contribution in [3.05, 3.63) is 47.5 Å². The number of aromatic nitrogens is 3.